The summed E-state index contributed by atoms with van der Waals surface area (Å²) in [5.41, 5.74) is 0.468. The van der Waals surface area contributed by atoms with Gasteiger partial charge in [0.05, 0.1) is 12.3 Å². The Hall–Kier alpha value is -1.42. The smallest absolute Gasteiger partial charge is 0.178 e. The molecule has 0 saturated heterocycles. The summed E-state index contributed by atoms with van der Waals surface area (Å²) in [7, 11) is 1.91. The monoisotopic (exact) mass is 222 g/mol. The van der Waals surface area contributed by atoms with Crippen LogP contribution >= 0.6 is 0 Å². The van der Waals surface area contributed by atoms with Gasteiger partial charge in [0.2, 0.25) is 0 Å². The van der Waals surface area contributed by atoms with Gasteiger partial charge < -0.3 is 10.1 Å². The molecule has 0 amide bonds. The van der Waals surface area contributed by atoms with Gasteiger partial charge in [-0.2, -0.15) is 0 Å². The molecule has 88 valence electrons. The van der Waals surface area contributed by atoms with Gasteiger partial charge in [0, 0.05) is 6.92 Å². The van der Waals surface area contributed by atoms with Crippen molar-refractivity contribution >= 4 is 5.78 Å². The minimum Gasteiger partial charge on any atom is -0.489 e. The number of carbonyl (C=O) groups excluding carboxylic acids is 1. The van der Waals surface area contributed by atoms with Crippen molar-refractivity contribution in [3.63, 3.8) is 0 Å². The number of ketones is 1. The molecule has 1 unspecified atom stereocenters. The Labute approximate surface area is 96.0 Å². The number of hydrogen-bond donors (Lipinski definition) is 1. The fourth-order valence-corrected chi connectivity index (χ4v) is 1.30. The van der Waals surface area contributed by atoms with Gasteiger partial charge in [0.25, 0.3) is 0 Å². The van der Waals surface area contributed by atoms with E-state index in [1.165, 1.54) is 6.92 Å². The Morgan fingerprint density at radius 2 is 2.31 bits per heavy atom. The van der Waals surface area contributed by atoms with Crippen LogP contribution in [0.1, 0.15) is 30.8 Å². The van der Waals surface area contributed by atoms with Crippen LogP contribution in [-0.4, -0.2) is 30.5 Å². The van der Waals surface area contributed by atoms with Gasteiger partial charge in [0.1, 0.15) is 11.4 Å². The fourth-order valence-electron chi connectivity index (χ4n) is 1.30. The van der Waals surface area contributed by atoms with Crippen LogP contribution in [-0.2, 0) is 0 Å². The van der Waals surface area contributed by atoms with E-state index in [1.807, 2.05) is 14.0 Å². The molecule has 0 aromatic carbocycles. The van der Waals surface area contributed by atoms with Crippen molar-refractivity contribution < 1.29 is 9.53 Å². The Kier molecular flexibility index (Phi) is 4.92. The number of rotatable bonds is 6. The van der Waals surface area contributed by atoms with Gasteiger partial charge in [-0.1, -0.05) is 0 Å². The van der Waals surface area contributed by atoms with Crippen molar-refractivity contribution in [2.75, 3.05) is 13.6 Å². The minimum absolute atomic E-state index is 0.0326. The van der Waals surface area contributed by atoms with Gasteiger partial charge in [-0.05, 0) is 39.1 Å². The van der Waals surface area contributed by atoms with Crippen molar-refractivity contribution in [3.8, 4) is 5.75 Å². The third-order valence-corrected chi connectivity index (χ3v) is 2.24. The summed E-state index contributed by atoms with van der Waals surface area (Å²) in [5, 5.41) is 3.07. The Bertz CT molecular complexity index is 335. The molecule has 1 aromatic heterocycles. The molecule has 1 rings (SSSR count). The maximum Gasteiger partial charge on any atom is 0.178 e. The quantitative estimate of drug-likeness (QED) is 0.744. The second-order valence-corrected chi connectivity index (χ2v) is 3.76. The number of nitrogens with zero attached hydrogens (tertiary/aromatic N) is 1. The summed E-state index contributed by atoms with van der Waals surface area (Å²) in [4.78, 5) is 15.0. The zero-order valence-corrected chi connectivity index (χ0v) is 9.99. The molecule has 1 heterocycles. The van der Waals surface area contributed by atoms with Gasteiger partial charge in [-0.25, -0.2) is 4.98 Å². The lowest BCUT2D eigenvalue weighted by atomic mass is 10.2. The lowest BCUT2D eigenvalue weighted by Gasteiger charge is -2.14. The summed E-state index contributed by atoms with van der Waals surface area (Å²) in [6.45, 7) is 4.43. The summed E-state index contributed by atoms with van der Waals surface area (Å²) < 4.78 is 5.64. The van der Waals surface area contributed by atoms with E-state index in [4.69, 9.17) is 4.74 Å². The van der Waals surface area contributed by atoms with E-state index in [1.54, 1.807) is 18.3 Å². The molecular formula is C12H18N2O2. The molecule has 0 aliphatic rings. The molecule has 0 saturated carbocycles. The highest BCUT2D eigenvalue weighted by atomic mass is 16.5. The molecule has 4 heteroatoms. The lowest BCUT2D eigenvalue weighted by molar-refractivity contribution is 0.101. The summed E-state index contributed by atoms with van der Waals surface area (Å²) >= 11 is 0. The largest absolute Gasteiger partial charge is 0.489 e. The number of ether oxygens (including phenoxy) is 1. The summed E-state index contributed by atoms with van der Waals surface area (Å²) in [6.07, 6.45) is 2.66. The minimum atomic E-state index is -0.0326. The molecule has 0 aliphatic carbocycles. The molecule has 0 radical (unpaired) electrons. The first-order valence-corrected chi connectivity index (χ1v) is 5.41. The van der Waals surface area contributed by atoms with Crippen LogP contribution in [0, 0.1) is 0 Å². The van der Waals surface area contributed by atoms with Gasteiger partial charge in [-0.3, -0.25) is 4.79 Å². The molecule has 0 bridgehead atoms. The van der Waals surface area contributed by atoms with Crippen molar-refractivity contribution in [2.24, 2.45) is 0 Å². The van der Waals surface area contributed by atoms with E-state index in [2.05, 4.69) is 10.3 Å². The molecule has 16 heavy (non-hydrogen) atoms. The third kappa shape index (κ3) is 3.98. The molecule has 0 aliphatic heterocycles. The van der Waals surface area contributed by atoms with Crippen molar-refractivity contribution in [1.29, 1.82) is 0 Å². The van der Waals surface area contributed by atoms with Crippen LogP contribution in [0.4, 0.5) is 0 Å². The number of pyridine rings is 1. The number of hydrogen-bond acceptors (Lipinski definition) is 4. The van der Waals surface area contributed by atoms with E-state index in [0.717, 1.165) is 13.0 Å². The number of nitrogens with one attached hydrogen (secondary N) is 1. The van der Waals surface area contributed by atoms with Crippen LogP contribution in [0.25, 0.3) is 0 Å². The van der Waals surface area contributed by atoms with E-state index in [9.17, 15) is 4.79 Å². The Morgan fingerprint density at radius 1 is 1.56 bits per heavy atom. The molecular weight excluding hydrogens is 204 g/mol. The van der Waals surface area contributed by atoms with E-state index < -0.39 is 0 Å². The second kappa shape index (κ2) is 6.23. The standard InChI is InChI=1S/C12H18N2O2/c1-9(6-7-13-3)16-11-4-5-12(10(2)15)14-8-11/h4-5,8-9,13H,6-7H2,1-3H3. The summed E-state index contributed by atoms with van der Waals surface area (Å²) in [6, 6.07) is 3.46. The molecule has 1 atom stereocenters. The zero-order chi connectivity index (χ0) is 12.0. The Morgan fingerprint density at radius 3 is 2.81 bits per heavy atom. The lowest BCUT2D eigenvalue weighted by Crippen LogP contribution is -2.19. The van der Waals surface area contributed by atoms with Crippen LogP contribution in [0.15, 0.2) is 18.3 Å². The first kappa shape index (κ1) is 12.6. The van der Waals surface area contributed by atoms with Crippen molar-refractivity contribution in [3.05, 3.63) is 24.0 Å². The fraction of sp³-hybridized carbons (Fsp3) is 0.500. The van der Waals surface area contributed by atoms with Gasteiger partial charge in [0.15, 0.2) is 5.78 Å². The average Bonchev–Trinajstić information content (AvgIpc) is 2.27. The van der Waals surface area contributed by atoms with Crippen molar-refractivity contribution in [1.82, 2.24) is 10.3 Å². The van der Waals surface area contributed by atoms with E-state index in [0.29, 0.717) is 11.4 Å². The third-order valence-electron chi connectivity index (χ3n) is 2.24. The Balaban J connectivity index is 2.51. The SMILES string of the molecule is CNCCC(C)Oc1ccc(C(C)=O)nc1. The molecule has 0 spiro atoms. The van der Waals surface area contributed by atoms with Crippen LogP contribution in [0.3, 0.4) is 0 Å². The van der Waals surface area contributed by atoms with E-state index in [-0.39, 0.29) is 11.9 Å². The maximum absolute atomic E-state index is 11.0. The molecule has 0 fully saturated rings. The van der Waals surface area contributed by atoms with Crippen molar-refractivity contribution in [2.45, 2.75) is 26.4 Å². The zero-order valence-electron chi connectivity index (χ0n) is 9.99. The summed E-state index contributed by atoms with van der Waals surface area (Å²) in [5.74, 6) is 0.670. The highest BCUT2D eigenvalue weighted by Crippen LogP contribution is 2.12. The predicted octanol–water partition coefficient (Wildman–Crippen LogP) is 1.66. The van der Waals surface area contributed by atoms with Gasteiger partial charge in [-0.15, -0.1) is 0 Å². The van der Waals surface area contributed by atoms with Gasteiger partial charge >= 0.3 is 0 Å². The number of Topliss-reactive ketones (excluding diaryl/α,β-unsaturated/α-hetero) is 1. The molecule has 1 N–H and O–H groups in total. The second-order valence-electron chi connectivity index (χ2n) is 3.76. The maximum atomic E-state index is 11.0. The van der Waals surface area contributed by atoms with E-state index >= 15 is 0 Å². The normalized spacial score (nSPS) is 12.2. The first-order valence-electron chi connectivity index (χ1n) is 5.41. The first-order chi connectivity index (χ1) is 7.63. The van der Waals surface area contributed by atoms with Crippen LogP contribution in [0.2, 0.25) is 0 Å². The topological polar surface area (TPSA) is 51.2 Å². The van der Waals surface area contributed by atoms with Crippen LogP contribution < -0.4 is 10.1 Å². The number of carbonyl (C=O) groups is 1. The molecule has 1 aromatic rings. The average molecular weight is 222 g/mol. The predicted molar refractivity (Wildman–Crippen MR) is 62.9 cm³/mol. The number of aromatic nitrogens is 1. The highest BCUT2D eigenvalue weighted by Gasteiger charge is 2.05. The molecule has 4 nitrogen and oxygen atoms in total. The highest BCUT2D eigenvalue weighted by molar-refractivity contribution is 5.92. The van der Waals surface area contributed by atoms with Crippen LogP contribution in [0.5, 0.6) is 5.75 Å².